The van der Waals surface area contributed by atoms with E-state index < -0.39 is 0 Å². The summed E-state index contributed by atoms with van der Waals surface area (Å²) in [7, 11) is 1.66. The molecule has 0 radical (unpaired) electrons. The van der Waals surface area contributed by atoms with Crippen molar-refractivity contribution >= 4 is 27.4 Å². The first kappa shape index (κ1) is 21.6. The van der Waals surface area contributed by atoms with Crippen LogP contribution < -0.4 is 4.74 Å². The highest BCUT2D eigenvalue weighted by Gasteiger charge is 2.05. The lowest BCUT2D eigenvalue weighted by molar-refractivity contribution is 0.415. The first-order valence-corrected chi connectivity index (χ1v) is 8.11. The fraction of sp³-hybridized carbons (Fsp3) is 0.333. The summed E-state index contributed by atoms with van der Waals surface area (Å²) in [5.74, 6) is 0.834. The Morgan fingerprint density at radius 2 is 1.58 bits per heavy atom. The van der Waals surface area contributed by atoms with Crippen molar-refractivity contribution < 1.29 is 4.74 Å². The molecule has 130 valence electrons. The molecule has 0 saturated heterocycles. The fourth-order valence-electron chi connectivity index (χ4n) is 2.26. The van der Waals surface area contributed by atoms with E-state index in [0.29, 0.717) is 5.71 Å². The molecule has 0 aliphatic rings. The molecule has 3 heteroatoms. The molecule has 1 N–H and O–H groups in total. The van der Waals surface area contributed by atoms with Gasteiger partial charge in [-0.3, -0.25) is 4.98 Å². The van der Waals surface area contributed by atoms with E-state index in [1.54, 1.807) is 14.0 Å². The highest BCUT2D eigenvalue weighted by atomic mass is 16.5. The Hall–Kier alpha value is -2.42. The third-order valence-electron chi connectivity index (χ3n) is 3.32. The van der Waals surface area contributed by atoms with Crippen LogP contribution >= 0.6 is 0 Å². The second kappa shape index (κ2) is 10.4. The van der Waals surface area contributed by atoms with Gasteiger partial charge in [0.25, 0.3) is 0 Å². The van der Waals surface area contributed by atoms with Crippen molar-refractivity contribution in [2.45, 2.75) is 42.0 Å². The maximum atomic E-state index is 7.68. The van der Waals surface area contributed by atoms with Crippen LogP contribution in [0.4, 0.5) is 0 Å². The summed E-state index contributed by atoms with van der Waals surface area (Å²) < 4.78 is 5.23. The quantitative estimate of drug-likeness (QED) is 0.433. The summed E-state index contributed by atoms with van der Waals surface area (Å²) in [6.45, 7) is 9.78. The van der Waals surface area contributed by atoms with E-state index in [1.807, 2.05) is 64.2 Å². The van der Waals surface area contributed by atoms with E-state index in [4.69, 9.17) is 10.1 Å². The van der Waals surface area contributed by atoms with Gasteiger partial charge in [-0.2, -0.15) is 0 Å². The summed E-state index contributed by atoms with van der Waals surface area (Å²) >= 11 is 0. The van der Waals surface area contributed by atoms with Crippen LogP contribution in [0.15, 0.2) is 42.6 Å². The summed E-state index contributed by atoms with van der Waals surface area (Å²) in [4.78, 5) is 4.48. The monoisotopic (exact) mass is 326 g/mol. The normalized spacial score (nSPS) is 9.08. The zero-order chi connectivity index (χ0) is 17.4. The van der Waals surface area contributed by atoms with Crippen LogP contribution in [0.5, 0.6) is 5.75 Å². The number of pyridine rings is 1. The van der Waals surface area contributed by atoms with E-state index in [1.165, 1.54) is 0 Å². The topological polar surface area (TPSA) is 46.0 Å². The van der Waals surface area contributed by atoms with Crippen molar-refractivity contribution in [2.75, 3.05) is 7.11 Å². The number of hydrogen-bond acceptors (Lipinski definition) is 3. The van der Waals surface area contributed by atoms with Gasteiger partial charge in [0.2, 0.25) is 0 Å². The van der Waals surface area contributed by atoms with E-state index in [-0.39, 0.29) is 7.43 Å². The highest BCUT2D eigenvalue weighted by molar-refractivity contribution is 6.08. The molecule has 0 bridgehead atoms. The molecule has 0 atom stereocenters. The lowest BCUT2D eigenvalue weighted by atomic mass is 10.0. The number of ether oxygens (including phenoxy) is 1. The van der Waals surface area contributed by atoms with Crippen molar-refractivity contribution in [3.8, 4) is 5.75 Å². The van der Waals surface area contributed by atoms with Crippen molar-refractivity contribution in [3.63, 3.8) is 0 Å². The molecule has 0 saturated carbocycles. The molecule has 0 fully saturated rings. The number of rotatable bonds is 2. The fourth-order valence-corrected chi connectivity index (χ4v) is 2.26. The Morgan fingerprint density at radius 1 is 0.958 bits per heavy atom. The lowest BCUT2D eigenvalue weighted by Gasteiger charge is -2.07. The minimum Gasteiger partial charge on any atom is -0.497 e. The van der Waals surface area contributed by atoms with Gasteiger partial charge >= 0.3 is 0 Å². The predicted molar refractivity (Wildman–Crippen MR) is 108 cm³/mol. The molecule has 2 aromatic carbocycles. The minimum absolute atomic E-state index is 0. The van der Waals surface area contributed by atoms with Gasteiger partial charge in [0, 0.05) is 22.7 Å². The van der Waals surface area contributed by atoms with Gasteiger partial charge in [-0.15, -0.1) is 0 Å². The van der Waals surface area contributed by atoms with Crippen molar-refractivity contribution in [3.05, 3.63) is 48.2 Å². The number of aromatic nitrogens is 1. The Labute approximate surface area is 146 Å². The van der Waals surface area contributed by atoms with E-state index in [2.05, 4.69) is 11.1 Å². The third kappa shape index (κ3) is 4.54. The van der Waals surface area contributed by atoms with Gasteiger partial charge in [0.05, 0.1) is 12.6 Å². The molecular formula is C21H30N2O. The van der Waals surface area contributed by atoms with Gasteiger partial charge in [-0.1, -0.05) is 47.3 Å². The van der Waals surface area contributed by atoms with Crippen molar-refractivity contribution in [1.29, 1.82) is 5.41 Å². The van der Waals surface area contributed by atoms with Crippen LogP contribution in [-0.2, 0) is 0 Å². The van der Waals surface area contributed by atoms with E-state index in [9.17, 15) is 0 Å². The number of hydrogen-bond donors (Lipinski definition) is 1. The summed E-state index contributed by atoms with van der Waals surface area (Å²) in [6.07, 6.45) is 1.85. The Morgan fingerprint density at radius 3 is 2.17 bits per heavy atom. The van der Waals surface area contributed by atoms with Gasteiger partial charge < -0.3 is 10.1 Å². The molecule has 0 aliphatic carbocycles. The first-order valence-electron chi connectivity index (χ1n) is 8.11. The molecule has 0 aliphatic heterocycles. The van der Waals surface area contributed by atoms with Crippen LogP contribution in [0.2, 0.25) is 0 Å². The van der Waals surface area contributed by atoms with Crippen LogP contribution in [0.1, 0.15) is 47.6 Å². The number of nitrogens with one attached hydrogen (secondary N) is 1. The zero-order valence-electron chi connectivity index (χ0n) is 14.9. The Bertz CT molecular complexity index is 794. The molecule has 24 heavy (non-hydrogen) atoms. The van der Waals surface area contributed by atoms with Gasteiger partial charge in [-0.25, -0.2) is 0 Å². The zero-order valence-corrected chi connectivity index (χ0v) is 14.9. The predicted octanol–water partition coefficient (Wildman–Crippen LogP) is 6.47. The molecule has 1 heterocycles. The second-order valence-electron chi connectivity index (χ2n) is 4.57. The average molecular weight is 326 g/mol. The number of fused-ring (bicyclic) bond motifs is 3. The van der Waals surface area contributed by atoms with Crippen molar-refractivity contribution in [2.24, 2.45) is 0 Å². The van der Waals surface area contributed by atoms with Gasteiger partial charge in [-0.05, 0) is 42.1 Å². The molecule has 3 rings (SSSR count). The van der Waals surface area contributed by atoms with Gasteiger partial charge in [0.1, 0.15) is 5.75 Å². The summed E-state index contributed by atoms with van der Waals surface area (Å²) in [6, 6.07) is 12.0. The molecule has 0 spiro atoms. The molecular weight excluding hydrogens is 296 g/mol. The molecule has 0 unspecified atom stereocenters. The second-order valence-corrected chi connectivity index (χ2v) is 4.57. The molecule has 3 nitrogen and oxygen atoms in total. The largest absolute Gasteiger partial charge is 0.497 e. The molecule has 0 amide bonds. The Kier molecular flexibility index (Phi) is 9.33. The Balaban J connectivity index is 0.000000987. The SMILES string of the molecule is C.CC.CC.COc1ccc2c(cnc3cc(C(C)=N)ccc32)c1. The smallest absolute Gasteiger partial charge is 0.119 e. The molecule has 1 aromatic heterocycles. The summed E-state index contributed by atoms with van der Waals surface area (Å²) in [5, 5.41) is 11.0. The molecule has 3 aromatic rings. The highest BCUT2D eigenvalue weighted by Crippen LogP contribution is 2.27. The summed E-state index contributed by atoms with van der Waals surface area (Å²) in [5.41, 5.74) is 2.38. The first-order chi connectivity index (χ1) is 11.2. The standard InChI is InChI=1S/C16H14N2O.2C2H6.CH4/c1-10(17)11-3-5-15-14-6-4-13(19-2)7-12(14)9-18-16(15)8-11;2*1-2;/h3-9,17H,1-2H3;2*1-2H3;1H4. The van der Waals surface area contributed by atoms with E-state index >= 15 is 0 Å². The lowest BCUT2D eigenvalue weighted by Crippen LogP contribution is -1.92. The minimum atomic E-state index is 0. The van der Waals surface area contributed by atoms with Crippen LogP contribution in [-0.4, -0.2) is 17.8 Å². The van der Waals surface area contributed by atoms with Gasteiger partial charge in [0.15, 0.2) is 0 Å². The number of nitrogens with zero attached hydrogens (tertiary/aromatic N) is 1. The van der Waals surface area contributed by atoms with Crippen LogP contribution in [0.3, 0.4) is 0 Å². The number of methoxy groups -OCH3 is 1. The van der Waals surface area contributed by atoms with Crippen LogP contribution in [0.25, 0.3) is 21.7 Å². The number of benzene rings is 2. The maximum absolute atomic E-state index is 7.68. The average Bonchev–Trinajstić information content (AvgIpc) is 2.63. The van der Waals surface area contributed by atoms with Crippen molar-refractivity contribution in [1.82, 2.24) is 4.98 Å². The van der Waals surface area contributed by atoms with Crippen LogP contribution in [0, 0.1) is 5.41 Å². The third-order valence-corrected chi connectivity index (χ3v) is 3.32. The maximum Gasteiger partial charge on any atom is 0.119 e. The van der Waals surface area contributed by atoms with E-state index in [0.717, 1.165) is 33.0 Å².